The first-order chi connectivity index (χ1) is 30.3. The molecule has 28 nitrogen and oxygen atoms in total. The smallest absolute Gasteiger partial charge is 0.399 e. The molecular formula is C32H51N3O25S5. The van der Waals surface area contributed by atoms with E-state index < -0.39 is 136 Å². The number of carboxylic acid groups (broad SMARTS) is 1. The van der Waals surface area contributed by atoms with Gasteiger partial charge in [-0.3, -0.25) is 18.5 Å². The van der Waals surface area contributed by atoms with Gasteiger partial charge in [0, 0.05) is 42.5 Å². The van der Waals surface area contributed by atoms with Gasteiger partial charge < -0.3 is 70.1 Å². The Kier molecular flexibility index (Phi) is 20.8. The zero-order chi connectivity index (χ0) is 48.4. The molecule has 0 bridgehead atoms. The van der Waals surface area contributed by atoms with Crippen molar-refractivity contribution in [2.45, 2.75) is 123 Å². The van der Waals surface area contributed by atoms with Gasteiger partial charge in [0.2, 0.25) is 12.2 Å². The standard InChI is InChI=1S/C32H51N3O25S5/c1-54-26-23(41)20(35-63(45,46)47)30(58-32(26)60-65(51,52)53)56-25-24(42)27(59-64(48,49)50)31(57-28(25)29(43)44)55-13-18(37)22(40)21(39)17(36)12-33-14-5-4-6-15(11-14)34-19(38)8-3-2-7-16-9-10-61-62-16/h4-6,11,16-18,20-28,30-33,35-37,39-42H,2-3,7-10,12-13H2,1H3,(H,34,38)(H,43,44)(H,45,46,47)(H,48,49,50)(H,51,52,53)/t16?,17-,18+,20+,21+,22+,23+,24-,25-,26-,27+,28+,30?,31?,32+/m0/s1. The van der Waals surface area contributed by atoms with Gasteiger partial charge in [0.15, 0.2) is 24.8 Å². The third-order valence-corrected chi connectivity index (χ3v) is 14.2. The minimum absolute atomic E-state index is 0.203. The van der Waals surface area contributed by atoms with Gasteiger partial charge in [-0.2, -0.15) is 30.0 Å². The first kappa shape index (κ1) is 55.4. The average molecular weight is 1040 g/mol. The van der Waals surface area contributed by atoms with E-state index >= 15 is 0 Å². The number of methoxy groups -OCH3 is 1. The second-order valence-corrected chi connectivity index (χ2v) is 20.7. The van der Waals surface area contributed by atoms with E-state index in [1.54, 1.807) is 18.2 Å². The molecule has 4 rings (SSSR count). The van der Waals surface area contributed by atoms with Crippen molar-refractivity contribution in [1.29, 1.82) is 0 Å². The van der Waals surface area contributed by atoms with Crippen LogP contribution in [0.1, 0.15) is 32.1 Å². The number of carboxylic acids is 1. The van der Waals surface area contributed by atoms with Crippen LogP contribution in [0.25, 0.3) is 0 Å². The van der Waals surface area contributed by atoms with Gasteiger partial charge in [0.25, 0.3) is 0 Å². The van der Waals surface area contributed by atoms with Crippen LogP contribution in [0.2, 0.25) is 0 Å². The highest BCUT2D eigenvalue weighted by molar-refractivity contribution is 8.77. The molecule has 0 saturated carbocycles. The van der Waals surface area contributed by atoms with E-state index in [1.807, 2.05) is 21.6 Å². The van der Waals surface area contributed by atoms with E-state index in [4.69, 9.17) is 23.7 Å². The topological polar surface area (TPSA) is 440 Å². The number of aliphatic hydroxyl groups excluding tert-OH is 6. The molecule has 0 radical (unpaired) electrons. The first-order valence-electron chi connectivity index (χ1n) is 19.2. The van der Waals surface area contributed by atoms with Gasteiger partial charge in [0.05, 0.1) is 12.7 Å². The van der Waals surface area contributed by atoms with Gasteiger partial charge in [-0.15, -0.1) is 0 Å². The summed E-state index contributed by atoms with van der Waals surface area (Å²) in [5, 5.41) is 80.7. The fraction of sp³-hybridized carbons (Fsp3) is 0.750. The van der Waals surface area contributed by atoms with Crippen LogP contribution < -0.4 is 15.4 Å². The quantitative estimate of drug-likeness (QED) is 0.0258. The van der Waals surface area contributed by atoms with E-state index in [2.05, 4.69) is 19.0 Å². The molecule has 3 aliphatic rings. The van der Waals surface area contributed by atoms with Crippen molar-refractivity contribution in [3.63, 3.8) is 0 Å². The molecule has 3 aliphatic heterocycles. The van der Waals surface area contributed by atoms with Crippen LogP contribution in [-0.4, -0.2) is 204 Å². The number of benzene rings is 1. The molecule has 1 aromatic rings. The Bertz CT molecular complexity index is 2050. The Morgan fingerprint density at radius 3 is 2.11 bits per heavy atom. The molecule has 1 aromatic carbocycles. The van der Waals surface area contributed by atoms with Crippen molar-refractivity contribution in [1.82, 2.24) is 4.72 Å². The molecule has 3 saturated heterocycles. The number of aliphatic hydroxyl groups is 6. The number of unbranched alkanes of at least 4 members (excludes halogenated alkanes) is 1. The molecule has 13 N–H and O–H groups in total. The lowest BCUT2D eigenvalue weighted by Crippen LogP contribution is -2.68. The highest BCUT2D eigenvalue weighted by Gasteiger charge is 2.56. The molecule has 3 fully saturated rings. The summed E-state index contributed by atoms with van der Waals surface area (Å²) < 4.78 is 134. The highest BCUT2D eigenvalue weighted by atomic mass is 33.1. The Morgan fingerprint density at radius 2 is 1.51 bits per heavy atom. The number of amides is 1. The molecule has 374 valence electrons. The van der Waals surface area contributed by atoms with Gasteiger partial charge >= 0.3 is 37.1 Å². The fourth-order valence-electron chi connectivity index (χ4n) is 6.63. The summed E-state index contributed by atoms with van der Waals surface area (Å²) in [6, 6.07) is 4.02. The van der Waals surface area contributed by atoms with Crippen molar-refractivity contribution in [3.05, 3.63) is 24.3 Å². The maximum atomic E-state index is 12.5. The Labute approximate surface area is 379 Å². The summed E-state index contributed by atoms with van der Waals surface area (Å²) in [6.45, 7) is -1.66. The minimum Gasteiger partial charge on any atom is -0.479 e. The third kappa shape index (κ3) is 17.4. The maximum Gasteiger partial charge on any atom is 0.399 e. The summed E-state index contributed by atoms with van der Waals surface area (Å²) in [7, 11) is -11.9. The summed E-state index contributed by atoms with van der Waals surface area (Å²) in [4.78, 5) is 24.9. The van der Waals surface area contributed by atoms with Gasteiger partial charge in [-0.1, -0.05) is 34.1 Å². The first-order valence-corrected chi connectivity index (χ1v) is 25.7. The zero-order valence-corrected chi connectivity index (χ0v) is 37.8. The molecule has 0 aromatic heterocycles. The van der Waals surface area contributed by atoms with Crippen molar-refractivity contribution < 1.29 is 116 Å². The predicted octanol–water partition coefficient (Wildman–Crippen LogP) is -3.41. The van der Waals surface area contributed by atoms with E-state index in [-0.39, 0.29) is 5.91 Å². The summed E-state index contributed by atoms with van der Waals surface area (Å²) in [5.74, 6) is -1.15. The van der Waals surface area contributed by atoms with Gasteiger partial charge in [0.1, 0.15) is 48.8 Å². The zero-order valence-electron chi connectivity index (χ0n) is 33.8. The number of aliphatic carboxylic acids is 1. The lowest BCUT2D eigenvalue weighted by atomic mass is 9.97. The van der Waals surface area contributed by atoms with Crippen molar-refractivity contribution in [2.75, 3.05) is 36.6 Å². The average Bonchev–Trinajstić information content (AvgIpc) is 3.73. The van der Waals surface area contributed by atoms with E-state index in [0.29, 0.717) is 29.5 Å². The molecule has 3 unspecified atom stereocenters. The van der Waals surface area contributed by atoms with Crippen LogP contribution in [0.3, 0.4) is 0 Å². The van der Waals surface area contributed by atoms with Crippen LogP contribution in [0.15, 0.2) is 24.3 Å². The molecule has 0 spiro atoms. The van der Waals surface area contributed by atoms with Crippen LogP contribution in [-0.2, 0) is 72.7 Å². The molecule has 3 heterocycles. The predicted molar refractivity (Wildman–Crippen MR) is 221 cm³/mol. The number of nitrogens with one attached hydrogen (secondary N) is 3. The van der Waals surface area contributed by atoms with E-state index in [1.165, 1.54) is 10.8 Å². The van der Waals surface area contributed by atoms with Crippen LogP contribution in [0.5, 0.6) is 0 Å². The summed E-state index contributed by atoms with van der Waals surface area (Å²) >= 11 is 0. The van der Waals surface area contributed by atoms with Gasteiger partial charge in [-0.25, -0.2) is 13.2 Å². The molecule has 65 heavy (non-hydrogen) atoms. The molecular weight excluding hydrogens is 987 g/mol. The summed E-state index contributed by atoms with van der Waals surface area (Å²) in [5.41, 5.74) is 0.802. The largest absolute Gasteiger partial charge is 0.479 e. The Hall–Kier alpha value is -2.17. The molecule has 0 aliphatic carbocycles. The molecule has 1 amide bonds. The van der Waals surface area contributed by atoms with E-state index in [0.717, 1.165) is 32.1 Å². The van der Waals surface area contributed by atoms with Crippen LogP contribution in [0, 0.1) is 0 Å². The number of hydrogen-bond acceptors (Lipinski definition) is 24. The molecule has 15 atom stereocenters. The third-order valence-electron chi connectivity index (χ3n) is 9.73. The number of anilines is 2. The molecule has 33 heteroatoms. The van der Waals surface area contributed by atoms with Gasteiger partial charge in [-0.05, 0) is 37.5 Å². The Balaban J connectivity index is 1.40. The maximum absolute atomic E-state index is 12.5. The lowest BCUT2D eigenvalue weighted by Gasteiger charge is -2.46. The number of ether oxygens (including phenoxy) is 5. The highest BCUT2D eigenvalue weighted by Crippen LogP contribution is 2.40. The number of carbonyl (C=O) groups is 2. The monoisotopic (exact) mass is 1040 g/mol. The SMILES string of the molecule is CO[C@@H]1[C@@H](OS(=O)(=O)O)OC(O[C@H]2[C@H](O)[C@@H](OS(=O)(=O)O)C(OC[C@@H](O)[C@@H](O)[C@H](O)[C@@H](O)CNc3cccc(NC(=O)CCCCC4CCSS4)c3)O[C@H]2C(=O)O)[C@H](NS(=O)(=O)O)[C@H]1O. The minimum atomic E-state index is -5.66. The normalized spacial score (nSPS) is 30.8. The fourth-order valence-corrected chi connectivity index (χ4v) is 11.1. The lowest BCUT2D eigenvalue weighted by molar-refractivity contribution is -0.355. The number of carbonyl (C=O) groups excluding carboxylic acids is 1. The Morgan fingerprint density at radius 1 is 0.846 bits per heavy atom. The summed E-state index contributed by atoms with van der Waals surface area (Å²) in [6.07, 6.45) is -26.6. The van der Waals surface area contributed by atoms with Crippen LogP contribution >= 0.6 is 21.6 Å². The van der Waals surface area contributed by atoms with Crippen molar-refractivity contribution in [2.24, 2.45) is 0 Å². The number of hydrogen-bond donors (Lipinski definition) is 13. The van der Waals surface area contributed by atoms with Crippen LogP contribution in [0.4, 0.5) is 11.4 Å². The number of rotatable bonds is 25. The van der Waals surface area contributed by atoms with Crippen molar-refractivity contribution in [3.8, 4) is 0 Å². The second kappa shape index (κ2) is 24.4. The second-order valence-electron chi connectivity index (χ2n) is 14.6. The van der Waals surface area contributed by atoms with Crippen molar-refractivity contribution >= 4 is 75.9 Å². The van der Waals surface area contributed by atoms with E-state index in [9.17, 15) is 84.2 Å².